The van der Waals surface area contributed by atoms with E-state index in [0.717, 1.165) is 63.2 Å². The molecule has 38 heavy (non-hydrogen) atoms. The van der Waals surface area contributed by atoms with Gasteiger partial charge in [0.05, 0.1) is 12.8 Å². The van der Waals surface area contributed by atoms with E-state index >= 15 is 0 Å². The third kappa shape index (κ3) is 6.21. The van der Waals surface area contributed by atoms with Crippen LogP contribution in [0.2, 0.25) is 0 Å². The van der Waals surface area contributed by atoms with E-state index < -0.39 is 0 Å². The Morgan fingerprint density at radius 3 is 2.45 bits per heavy atom. The Morgan fingerprint density at radius 1 is 1.00 bits per heavy atom. The number of H-pyrrole nitrogens is 1. The lowest BCUT2D eigenvalue weighted by Crippen LogP contribution is -2.36. The van der Waals surface area contributed by atoms with Crippen LogP contribution in [0, 0.1) is 5.92 Å². The Morgan fingerprint density at radius 2 is 1.74 bits per heavy atom. The number of benzene rings is 1. The minimum absolute atomic E-state index is 0.0128. The number of aromatic nitrogens is 4. The second-order valence-corrected chi connectivity index (χ2v) is 10.1. The van der Waals surface area contributed by atoms with Crippen LogP contribution >= 0.6 is 0 Å². The van der Waals surface area contributed by atoms with Gasteiger partial charge in [-0.3, -0.25) is 9.59 Å². The molecule has 202 valence electrons. The van der Waals surface area contributed by atoms with E-state index in [-0.39, 0.29) is 18.1 Å². The smallest absolute Gasteiger partial charge is 0.277 e. The first kappa shape index (κ1) is 25.9. The number of nitrogens with one attached hydrogen (secondary N) is 3. The number of anilines is 4. The molecule has 0 atom stereocenters. The summed E-state index contributed by atoms with van der Waals surface area (Å²) in [7, 11) is 0. The number of hydrogen-bond donors (Lipinski definition) is 4. The van der Waals surface area contributed by atoms with Crippen LogP contribution in [0.3, 0.4) is 0 Å². The van der Waals surface area contributed by atoms with E-state index in [1.165, 1.54) is 12.8 Å². The largest absolute Gasteiger partial charge is 0.395 e. The molecule has 2 aromatic heterocycles. The summed E-state index contributed by atoms with van der Waals surface area (Å²) in [6.45, 7) is 3.87. The first-order valence-corrected chi connectivity index (χ1v) is 13.6. The minimum Gasteiger partial charge on any atom is -0.395 e. The van der Waals surface area contributed by atoms with Gasteiger partial charge in [0.25, 0.3) is 5.56 Å². The van der Waals surface area contributed by atoms with E-state index in [9.17, 15) is 9.59 Å². The second-order valence-electron chi connectivity index (χ2n) is 10.1. The van der Waals surface area contributed by atoms with Gasteiger partial charge in [-0.2, -0.15) is 10.1 Å². The van der Waals surface area contributed by atoms with Gasteiger partial charge in [-0.15, -0.1) is 0 Å². The molecule has 2 aliphatic rings. The molecule has 0 unspecified atom stereocenters. The van der Waals surface area contributed by atoms with Gasteiger partial charge in [-0.25, -0.2) is 10.1 Å². The Bertz CT molecular complexity index is 1280. The molecule has 11 heteroatoms. The SMILES string of the molecule is O=C(CC1CCN(c2ccc(Nc3nc(N4CCCCCC4)nc4cn[nH]c(=O)c34)cc2)CC1)NCCO. The van der Waals surface area contributed by atoms with E-state index in [1.807, 2.05) is 12.1 Å². The van der Waals surface area contributed by atoms with Gasteiger partial charge in [-0.05, 0) is 55.9 Å². The zero-order valence-corrected chi connectivity index (χ0v) is 21.7. The van der Waals surface area contributed by atoms with Gasteiger partial charge >= 0.3 is 0 Å². The maximum absolute atomic E-state index is 12.6. The lowest BCUT2D eigenvalue weighted by atomic mass is 9.93. The summed E-state index contributed by atoms with van der Waals surface area (Å²) in [4.78, 5) is 38.6. The fourth-order valence-corrected chi connectivity index (χ4v) is 5.31. The molecule has 2 saturated heterocycles. The van der Waals surface area contributed by atoms with E-state index in [4.69, 9.17) is 10.1 Å². The number of fused-ring (bicyclic) bond motifs is 1. The van der Waals surface area contributed by atoms with Crippen LogP contribution in [0.25, 0.3) is 10.9 Å². The summed E-state index contributed by atoms with van der Waals surface area (Å²) in [5.41, 5.74) is 2.16. The first-order chi connectivity index (χ1) is 18.6. The average Bonchev–Trinajstić information content (AvgIpc) is 3.23. The van der Waals surface area contributed by atoms with Crippen molar-refractivity contribution in [1.82, 2.24) is 25.5 Å². The molecule has 4 N–H and O–H groups in total. The molecule has 4 heterocycles. The monoisotopic (exact) mass is 520 g/mol. The Hall–Kier alpha value is -3.73. The number of carbonyl (C=O) groups is 1. The van der Waals surface area contributed by atoms with E-state index in [0.29, 0.717) is 41.6 Å². The van der Waals surface area contributed by atoms with Crippen molar-refractivity contribution in [1.29, 1.82) is 0 Å². The third-order valence-electron chi connectivity index (χ3n) is 7.41. The van der Waals surface area contributed by atoms with Crippen molar-refractivity contribution in [3.05, 3.63) is 40.8 Å². The molecule has 5 rings (SSSR count). The summed E-state index contributed by atoms with van der Waals surface area (Å²) in [6, 6.07) is 8.14. The molecule has 1 amide bonds. The highest BCUT2D eigenvalue weighted by Crippen LogP contribution is 2.29. The summed E-state index contributed by atoms with van der Waals surface area (Å²) in [6.07, 6.45) is 8.62. The zero-order valence-electron chi connectivity index (χ0n) is 21.7. The molecule has 3 aromatic rings. The van der Waals surface area contributed by atoms with Gasteiger partial charge in [0.2, 0.25) is 11.9 Å². The van der Waals surface area contributed by atoms with Crippen LogP contribution in [0.1, 0.15) is 44.9 Å². The summed E-state index contributed by atoms with van der Waals surface area (Å²) in [5.74, 6) is 1.48. The Labute approximate surface area is 221 Å². The number of piperidine rings is 1. The molecule has 2 fully saturated rings. The molecule has 0 radical (unpaired) electrons. The molecular weight excluding hydrogens is 484 g/mol. The van der Waals surface area contributed by atoms with Crippen molar-refractivity contribution < 1.29 is 9.90 Å². The number of hydrogen-bond acceptors (Lipinski definition) is 9. The molecular formula is C27H36N8O3. The normalized spacial score (nSPS) is 16.9. The van der Waals surface area contributed by atoms with E-state index in [2.05, 4.69) is 47.7 Å². The number of aliphatic hydroxyl groups is 1. The van der Waals surface area contributed by atoms with Crippen molar-refractivity contribution in [2.45, 2.75) is 44.9 Å². The zero-order chi connectivity index (χ0) is 26.3. The molecule has 0 aliphatic carbocycles. The predicted octanol–water partition coefficient (Wildman–Crippen LogP) is 2.55. The van der Waals surface area contributed by atoms with Crippen molar-refractivity contribution in [2.75, 3.05) is 54.4 Å². The number of aromatic amines is 1. The van der Waals surface area contributed by atoms with Crippen molar-refractivity contribution in [3.63, 3.8) is 0 Å². The summed E-state index contributed by atoms with van der Waals surface area (Å²) < 4.78 is 0. The molecule has 0 saturated carbocycles. The maximum Gasteiger partial charge on any atom is 0.277 e. The fourth-order valence-electron chi connectivity index (χ4n) is 5.31. The summed E-state index contributed by atoms with van der Waals surface area (Å²) >= 11 is 0. The van der Waals surface area contributed by atoms with Gasteiger partial charge in [0.15, 0.2) is 0 Å². The van der Waals surface area contributed by atoms with Crippen LogP contribution in [-0.2, 0) is 4.79 Å². The quantitative estimate of drug-likeness (QED) is 0.353. The average molecular weight is 521 g/mol. The van der Waals surface area contributed by atoms with Crippen molar-refractivity contribution in [2.24, 2.45) is 5.92 Å². The molecule has 0 spiro atoms. The number of amides is 1. The van der Waals surface area contributed by atoms with Crippen LogP contribution < -0.4 is 26.0 Å². The number of aliphatic hydroxyl groups excluding tert-OH is 1. The van der Waals surface area contributed by atoms with Crippen molar-refractivity contribution in [3.8, 4) is 0 Å². The van der Waals surface area contributed by atoms with Crippen LogP contribution in [0.15, 0.2) is 35.3 Å². The molecule has 11 nitrogen and oxygen atoms in total. The summed E-state index contributed by atoms with van der Waals surface area (Å²) in [5, 5.41) is 21.8. The highest BCUT2D eigenvalue weighted by atomic mass is 16.3. The number of nitrogens with zero attached hydrogens (tertiary/aromatic N) is 5. The first-order valence-electron chi connectivity index (χ1n) is 13.6. The van der Waals surface area contributed by atoms with Crippen LogP contribution in [-0.4, -0.2) is 70.5 Å². The fraction of sp³-hybridized carbons (Fsp3) is 0.519. The predicted molar refractivity (Wildman–Crippen MR) is 148 cm³/mol. The highest BCUT2D eigenvalue weighted by Gasteiger charge is 2.22. The van der Waals surface area contributed by atoms with Gasteiger partial charge < -0.3 is 25.5 Å². The van der Waals surface area contributed by atoms with E-state index in [1.54, 1.807) is 6.20 Å². The van der Waals surface area contributed by atoms with Gasteiger partial charge in [0.1, 0.15) is 16.7 Å². The number of carbonyl (C=O) groups excluding carboxylic acids is 1. The topological polar surface area (TPSA) is 139 Å². The third-order valence-corrected chi connectivity index (χ3v) is 7.41. The van der Waals surface area contributed by atoms with Gasteiger partial charge in [0, 0.05) is 50.5 Å². The second kappa shape index (κ2) is 12.2. The Balaban J connectivity index is 1.28. The lowest BCUT2D eigenvalue weighted by Gasteiger charge is -2.33. The standard InChI is InChI=1S/C27H36N8O3/c36-16-11-28-23(37)17-19-9-14-34(15-10-19)21-7-5-20(6-8-21)30-25-24-22(18-29-33-26(24)38)31-27(32-25)35-12-3-1-2-4-13-35/h5-8,18-19,36H,1-4,9-17H2,(H,28,37)(H,33,38)(H,30,31,32). The molecule has 1 aromatic carbocycles. The van der Waals surface area contributed by atoms with Crippen molar-refractivity contribution >= 4 is 40.0 Å². The van der Waals surface area contributed by atoms with Gasteiger partial charge in [-0.1, -0.05) is 12.8 Å². The molecule has 2 aliphatic heterocycles. The lowest BCUT2D eigenvalue weighted by molar-refractivity contribution is -0.122. The van der Waals surface area contributed by atoms with Crippen LogP contribution in [0.5, 0.6) is 0 Å². The molecule has 0 bridgehead atoms. The highest BCUT2D eigenvalue weighted by molar-refractivity contribution is 5.90. The maximum atomic E-state index is 12.6. The minimum atomic E-state index is -0.322. The van der Waals surface area contributed by atoms with Crippen LogP contribution in [0.4, 0.5) is 23.1 Å². The Kier molecular flexibility index (Phi) is 8.32. The number of rotatable bonds is 8.